The molecule has 0 aromatic heterocycles. The van der Waals surface area contributed by atoms with Crippen LogP contribution in [0.2, 0.25) is 0 Å². The molecule has 0 aliphatic carbocycles. The summed E-state index contributed by atoms with van der Waals surface area (Å²) in [7, 11) is 0. The molecule has 0 rings (SSSR count). The number of aliphatic carboxylic acids is 1. The third kappa shape index (κ3) is 4.42. The van der Waals surface area contributed by atoms with Crippen LogP contribution in [0.25, 0.3) is 0 Å². The first kappa shape index (κ1) is 13.2. The van der Waals surface area contributed by atoms with E-state index in [0.717, 1.165) is 0 Å². The van der Waals surface area contributed by atoms with Crippen molar-refractivity contribution in [2.45, 2.75) is 27.2 Å². The van der Waals surface area contributed by atoms with Crippen LogP contribution in [0.15, 0.2) is 12.7 Å². The number of carboxylic acid groups (broad SMARTS) is 1. The Bertz CT molecular complexity index is 199. The zero-order chi connectivity index (χ0) is 11.2. The first-order chi connectivity index (χ1) is 6.42. The Morgan fingerprint density at radius 3 is 2.57 bits per heavy atom. The summed E-state index contributed by atoms with van der Waals surface area (Å²) >= 11 is 0. The number of carboxylic acids is 1. The second-order valence-corrected chi connectivity index (χ2v) is 4.15. The number of hydrogen-bond donors (Lipinski definition) is 1. The molecule has 0 saturated carbocycles. The van der Waals surface area contributed by atoms with Crippen molar-refractivity contribution in [1.29, 1.82) is 0 Å². The average Bonchev–Trinajstić information content (AvgIpc) is 2.11. The zero-order valence-corrected chi connectivity index (χ0v) is 9.25. The van der Waals surface area contributed by atoms with Gasteiger partial charge in [-0.15, -0.1) is 6.58 Å². The molecule has 82 valence electrons. The second-order valence-electron chi connectivity index (χ2n) is 4.15. The lowest BCUT2D eigenvalue weighted by atomic mass is 9.88. The van der Waals surface area contributed by atoms with Crippen molar-refractivity contribution in [3.8, 4) is 0 Å². The molecule has 0 heterocycles. The van der Waals surface area contributed by atoms with Gasteiger partial charge in [0.2, 0.25) is 0 Å². The number of carbonyl (C=O) groups is 1. The van der Waals surface area contributed by atoms with Crippen LogP contribution >= 0.6 is 0 Å². The van der Waals surface area contributed by atoms with Gasteiger partial charge in [-0.3, -0.25) is 4.79 Å². The van der Waals surface area contributed by atoms with Crippen LogP contribution in [0.5, 0.6) is 0 Å². The highest BCUT2D eigenvalue weighted by Gasteiger charge is 2.28. The van der Waals surface area contributed by atoms with Crippen molar-refractivity contribution in [3.05, 3.63) is 12.7 Å². The summed E-state index contributed by atoms with van der Waals surface area (Å²) in [6, 6.07) is 0. The quantitative estimate of drug-likeness (QED) is 0.507. The fourth-order valence-corrected chi connectivity index (χ4v) is 0.900. The van der Waals surface area contributed by atoms with Crippen molar-refractivity contribution in [3.63, 3.8) is 0 Å². The summed E-state index contributed by atoms with van der Waals surface area (Å²) in [5, 5.41) is 8.91. The van der Waals surface area contributed by atoms with Gasteiger partial charge >= 0.3 is 5.97 Å². The van der Waals surface area contributed by atoms with Crippen molar-refractivity contribution < 1.29 is 14.6 Å². The molecule has 1 unspecified atom stereocenters. The van der Waals surface area contributed by atoms with Crippen LogP contribution in [-0.4, -0.2) is 24.3 Å². The van der Waals surface area contributed by atoms with E-state index in [4.69, 9.17) is 9.84 Å². The zero-order valence-electron chi connectivity index (χ0n) is 9.25. The van der Waals surface area contributed by atoms with E-state index < -0.39 is 11.4 Å². The predicted octanol–water partition coefficient (Wildman–Crippen LogP) is 2.33. The van der Waals surface area contributed by atoms with E-state index in [0.29, 0.717) is 25.6 Å². The third-order valence-corrected chi connectivity index (χ3v) is 2.16. The molecule has 3 nitrogen and oxygen atoms in total. The standard InChI is InChI=1S/C11H20O3/c1-5-11(4,10(12)13)6-7-14-8-9(2)3/h5,9H,1,6-8H2,2-4H3,(H,12,13). The molecule has 14 heavy (non-hydrogen) atoms. The highest BCUT2D eigenvalue weighted by Crippen LogP contribution is 2.22. The lowest BCUT2D eigenvalue weighted by molar-refractivity contribution is -0.146. The van der Waals surface area contributed by atoms with Gasteiger partial charge in [0.15, 0.2) is 0 Å². The normalized spacial score (nSPS) is 15.1. The van der Waals surface area contributed by atoms with Crippen LogP contribution in [0.4, 0.5) is 0 Å². The van der Waals surface area contributed by atoms with E-state index >= 15 is 0 Å². The summed E-state index contributed by atoms with van der Waals surface area (Å²) < 4.78 is 5.33. The van der Waals surface area contributed by atoms with E-state index in [9.17, 15) is 4.79 Å². The lowest BCUT2D eigenvalue weighted by Crippen LogP contribution is -2.26. The molecule has 0 aromatic carbocycles. The molecular weight excluding hydrogens is 180 g/mol. The summed E-state index contributed by atoms with van der Waals surface area (Å²) in [5.41, 5.74) is -0.864. The molecule has 1 atom stereocenters. The lowest BCUT2D eigenvalue weighted by Gasteiger charge is -2.20. The molecule has 0 fully saturated rings. The van der Waals surface area contributed by atoms with Crippen molar-refractivity contribution in [2.75, 3.05) is 13.2 Å². The maximum atomic E-state index is 10.9. The fraction of sp³-hybridized carbons (Fsp3) is 0.727. The number of rotatable bonds is 7. The van der Waals surface area contributed by atoms with E-state index in [1.165, 1.54) is 6.08 Å². The van der Waals surface area contributed by atoms with E-state index in [1.54, 1.807) is 6.92 Å². The van der Waals surface area contributed by atoms with Crippen LogP contribution in [0.3, 0.4) is 0 Å². The predicted molar refractivity (Wildman–Crippen MR) is 56.2 cm³/mol. The molecule has 0 radical (unpaired) electrons. The molecular formula is C11H20O3. The molecule has 0 spiro atoms. The van der Waals surface area contributed by atoms with Crippen molar-refractivity contribution in [1.82, 2.24) is 0 Å². The van der Waals surface area contributed by atoms with Crippen molar-refractivity contribution in [2.24, 2.45) is 11.3 Å². The maximum absolute atomic E-state index is 10.9. The van der Waals surface area contributed by atoms with Gasteiger partial charge in [0.25, 0.3) is 0 Å². The van der Waals surface area contributed by atoms with Gasteiger partial charge in [-0.25, -0.2) is 0 Å². The van der Waals surface area contributed by atoms with Gasteiger partial charge in [0, 0.05) is 13.2 Å². The maximum Gasteiger partial charge on any atom is 0.313 e. The summed E-state index contributed by atoms with van der Waals surface area (Å²) in [5.74, 6) is -0.365. The molecule has 3 heteroatoms. The Balaban J connectivity index is 3.85. The second kappa shape index (κ2) is 5.81. The first-order valence-electron chi connectivity index (χ1n) is 4.87. The fourth-order valence-electron chi connectivity index (χ4n) is 0.900. The van der Waals surface area contributed by atoms with Gasteiger partial charge in [-0.05, 0) is 19.3 Å². The molecule has 0 amide bonds. The Labute approximate surface area is 85.8 Å². The highest BCUT2D eigenvalue weighted by atomic mass is 16.5. The van der Waals surface area contributed by atoms with E-state index in [-0.39, 0.29) is 0 Å². The van der Waals surface area contributed by atoms with E-state index in [2.05, 4.69) is 20.4 Å². The van der Waals surface area contributed by atoms with Gasteiger partial charge in [0.1, 0.15) is 0 Å². The Morgan fingerprint density at radius 2 is 2.21 bits per heavy atom. The first-order valence-corrected chi connectivity index (χ1v) is 4.87. The molecule has 0 aromatic rings. The minimum absolute atomic E-state index is 0.465. The summed E-state index contributed by atoms with van der Waals surface area (Å²) in [6.07, 6.45) is 1.94. The topological polar surface area (TPSA) is 46.5 Å². The smallest absolute Gasteiger partial charge is 0.313 e. The molecule has 0 bridgehead atoms. The van der Waals surface area contributed by atoms with Crippen LogP contribution < -0.4 is 0 Å². The molecule has 0 aliphatic rings. The number of hydrogen-bond acceptors (Lipinski definition) is 2. The van der Waals surface area contributed by atoms with Gasteiger partial charge in [-0.2, -0.15) is 0 Å². The van der Waals surface area contributed by atoms with Gasteiger partial charge in [0.05, 0.1) is 5.41 Å². The highest BCUT2D eigenvalue weighted by molar-refractivity contribution is 5.76. The Hall–Kier alpha value is -0.830. The molecule has 0 aliphatic heterocycles. The van der Waals surface area contributed by atoms with Crippen LogP contribution in [-0.2, 0) is 9.53 Å². The largest absolute Gasteiger partial charge is 0.481 e. The SMILES string of the molecule is C=CC(C)(CCOCC(C)C)C(=O)O. The minimum atomic E-state index is -0.864. The molecule has 1 N–H and O–H groups in total. The van der Waals surface area contributed by atoms with Gasteiger partial charge in [-0.1, -0.05) is 19.9 Å². The van der Waals surface area contributed by atoms with Gasteiger partial charge < -0.3 is 9.84 Å². The Morgan fingerprint density at radius 1 is 1.64 bits per heavy atom. The molecule has 0 saturated heterocycles. The summed E-state index contributed by atoms with van der Waals surface area (Å²) in [4.78, 5) is 10.9. The Kier molecular flexibility index (Phi) is 5.46. The van der Waals surface area contributed by atoms with Crippen molar-refractivity contribution >= 4 is 5.97 Å². The number of ether oxygens (including phenoxy) is 1. The minimum Gasteiger partial charge on any atom is -0.481 e. The van der Waals surface area contributed by atoms with Crippen LogP contribution in [0, 0.1) is 11.3 Å². The third-order valence-electron chi connectivity index (χ3n) is 2.16. The average molecular weight is 200 g/mol. The van der Waals surface area contributed by atoms with Crippen LogP contribution in [0.1, 0.15) is 27.2 Å². The monoisotopic (exact) mass is 200 g/mol. The van der Waals surface area contributed by atoms with E-state index in [1.807, 2.05) is 0 Å². The summed E-state index contributed by atoms with van der Waals surface area (Å²) in [6.45, 7) is 10.4.